The van der Waals surface area contributed by atoms with Crippen LogP contribution in [0.2, 0.25) is 0 Å². The van der Waals surface area contributed by atoms with Crippen molar-refractivity contribution >= 4 is 10.9 Å². The van der Waals surface area contributed by atoms with Crippen LogP contribution in [0, 0.1) is 5.82 Å². The maximum Gasteiger partial charge on any atom is 0.252 e. The van der Waals surface area contributed by atoms with Gasteiger partial charge in [-0.25, -0.2) is 4.39 Å². The zero-order chi connectivity index (χ0) is 22.2. The number of halogens is 1. The fourth-order valence-electron chi connectivity index (χ4n) is 4.20. The molecule has 0 spiro atoms. The first kappa shape index (κ1) is 21.0. The summed E-state index contributed by atoms with van der Waals surface area (Å²) < 4.78 is 22.2. The first-order chi connectivity index (χ1) is 15.0. The van der Waals surface area contributed by atoms with Gasteiger partial charge >= 0.3 is 0 Å². The third-order valence-electron chi connectivity index (χ3n) is 6.13. The fourth-order valence-corrected chi connectivity index (χ4v) is 4.20. The number of nitrogens with one attached hydrogen (secondary N) is 1. The Morgan fingerprint density at radius 1 is 1.13 bits per heavy atom. The molecule has 1 aromatic carbocycles. The van der Waals surface area contributed by atoms with E-state index in [0.717, 1.165) is 0 Å². The molecule has 1 N–H and O–H groups in total. The predicted octanol–water partition coefficient (Wildman–Crippen LogP) is 4.60. The van der Waals surface area contributed by atoms with Crippen molar-refractivity contribution in [1.82, 2.24) is 25.0 Å². The van der Waals surface area contributed by atoms with Gasteiger partial charge in [0.25, 0.3) is 5.56 Å². The lowest BCUT2D eigenvalue weighted by Gasteiger charge is -2.27. The van der Waals surface area contributed by atoms with E-state index in [-0.39, 0.29) is 11.4 Å². The van der Waals surface area contributed by atoms with Crippen LogP contribution in [-0.2, 0) is 18.4 Å². The average Bonchev–Trinajstić information content (AvgIpc) is 3.43. The topological polar surface area (TPSA) is 89.6 Å². The Hall–Kier alpha value is -3.29. The minimum atomic E-state index is -0.678. The van der Waals surface area contributed by atoms with Crippen LogP contribution in [0.4, 0.5) is 4.39 Å². The number of benzene rings is 1. The van der Waals surface area contributed by atoms with Crippen molar-refractivity contribution in [3.63, 3.8) is 0 Å². The van der Waals surface area contributed by atoms with E-state index in [0.29, 0.717) is 65.3 Å². The number of aromatic nitrogens is 5. The summed E-state index contributed by atoms with van der Waals surface area (Å²) in [6.45, 7) is 8.52. The molecule has 0 unspecified atom stereocenters. The highest BCUT2D eigenvalue weighted by Gasteiger charge is 2.38. The van der Waals surface area contributed by atoms with Crippen molar-refractivity contribution < 1.29 is 8.81 Å². The Morgan fingerprint density at radius 3 is 2.52 bits per heavy atom. The Morgan fingerprint density at radius 2 is 1.90 bits per heavy atom. The van der Waals surface area contributed by atoms with Crippen LogP contribution < -0.4 is 5.56 Å². The minimum Gasteiger partial charge on any atom is -0.424 e. The van der Waals surface area contributed by atoms with E-state index in [1.54, 1.807) is 16.8 Å². The lowest BCUT2D eigenvalue weighted by atomic mass is 9.76. The standard InChI is InChI=1S/C23H26FN5O2/c1-5-20-27-28-22(31-20)23(6-2,7-3)16-9-10-18(26-21(16)30)14-11-17(24)15-13-25-29(8-4)19(15)12-14/h9-13H,5-8H2,1-4H3,(H,26,30). The minimum absolute atomic E-state index is 0.248. The molecule has 0 atom stereocenters. The molecule has 0 saturated carbocycles. The zero-order valence-corrected chi connectivity index (χ0v) is 18.2. The summed E-state index contributed by atoms with van der Waals surface area (Å²) in [6.07, 6.45) is 3.42. The van der Waals surface area contributed by atoms with Gasteiger partial charge in [0.05, 0.1) is 22.5 Å². The molecule has 0 amide bonds. The summed E-state index contributed by atoms with van der Waals surface area (Å²) in [7, 11) is 0. The number of aromatic amines is 1. The van der Waals surface area contributed by atoms with Crippen LogP contribution in [0.15, 0.2) is 39.7 Å². The molecule has 0 bridgehead atoms. The number of rotatable bonds is 7. The van der Waals surface area contributed by atoms with Crippen LogP contribution in [0.25, 0.3) is 22.2 Å². The predicted molar refractivity (Wildman–Crippen MR) is 116 cm³/mol. The maximum atomic E-state index is 14.6. The van der Waals surface area contributed by atoms with E-state index in [1.807, 2.05) is 33.8 Å². The van der Waals surface area contributed by atoms with Gasteiger partial charge in [-0.1, -0.05) is 26.8 Å². The highest BCUT2D eigenvalue weighted by Crippen LogP contribution is 2.37. The molecule has 0 aliphatic heterocycles. The first-order valence-corrected chi connectivity index (χ1v) is 10.7. The van der Waals surface area contributed by atoms with Crippen molar-refractivity contribution in [3.05, 3.63) is 64.0 Å². The van der Waals surface area contributed by atoms with Gasteiger partial charge in [-0.3, -0.25) is 9.48 Å². The molecule has 0 fully saturated rings. The van der Waals surface area contributed by atoms with Gasteiger partial charge in [0.1, 0.15) is 5.82 Å². The second kappa shape index (κ2) is 8.09. The Balaban J connectivity index is 1.82. The molecule has 0 aliphatic rings. The molecule has 0 radical (unpaired) electrons. The molecule has 8 heteroatoms. The molecule has 4 rings (SSSR count). The lowest BCUT2D eigenvalue weighted by molar-refractivity contribution is 0.335. The molecular weight excluding hydrogens is 397 g/mol. The SMILES string of the molecule is CCc1nnc(C(CC)(CC)c2ccc(-c3cc(F)c4cnn(CC)c4c3)[nH]c2=O)o1. The number of fused-ring (bicyclic) bond motifs is 1. The van der Waals surface area contributed by atoms with Gasteiger partial charge in [-0.15, -0.1) is 10.2 Å². The van der Waals surface area contributed by atoms with Gasteiger partial charge in [-0.2, -0.15) is 5.10 Å². The summed E-state index contributed by atoms with van der Waals surface area (Å²) in [5.41, 5.74) is 1.46. The lowest BCUT2D eigenvalue weighted by Crippen LogP contribution is -2.33. The number of nitrogens with zero attached hydrogens (tertiary/aromatic N) is 4. The third kappa shape index (κ3) is 3.36. The van der Waals surface area contributed by atoms with Crippen molar-refractivity contribution in [2.75, 3.05) is 0 Å². The van der Waals surface area contributed by atoms with E-state index in [1.165, 1.54) is 12.3 Å². The maximum absolute atomic E-state index is 14.6. The summed E-state index contributed by atoms with van der Waals surface area (Å²) in [5.74, 6) is 0.629. The molecule has 0 aliphatic carbocycles. The van der Waals surface area contributed by atoms with Crippen molar-refractivity contribution in [2.45, 2.75) is 58.9 Å². The highest BCUT2D eigenvalue weighted by atomic mass is 19.1. The van der Waals surface area contributed by atoms with Crippen LogP contribution >= 0.6 is 0 Å². The number of hydrogen-bond acceptors (Lipinski definition) is 5. The number of H-pyrrole nitrogens is 1. The number of pyridine rings is 1. The summed E-state index contributed by atoms with van der Waals surface area (Å²) in [5, 5.41) is 13.0. The van der Waals surface area contributed by atoms with Crippen LogP contribution in [0.1, 0.15) is 57.9 Å². The van der Waals surface area contributed by atoms with Crippen LogP contribution in [0.3, 0.4) is 0 Å². The number of aryl methyl sites for hydroxylation is 2. The van der Waals surface area contributed by atoms with E-state index >= 15 is 0 Å². The van der Waals surface area contributed by atoms with Gasteiger partial charge in [0.2, 0.25) is 11.8 Å². The number of hydrogen-bond donors (Lipinski definition) is 1. The molecule has 3 heterocycles. The zero-order valence-electron chi connectivity index (χ0n) is 18.2. The fraction of sp³-hybridized carbons (Fsp3) is 0.391. The summed E-state index contributed by atoms with van der Waals surface area (Å²) in [4.78, 5) is 16.1. The van der Waals surface area contributed by atoms with E-state index in [9.17, 15) is 9.18 Å². The normalized spacial score (nSPS) is 12.0. The van der Waals surface area contributed by atoms with Gasteiger partial charge < -0.3 is 9.40 Å². The second-order valence-electron chi connectivity index (χ2n) is 7.61. The Labute approximate surface area is 179 Å². The van der Waals surface area contributed by atoms with Crippen molar-refractivity contribution in [2.24, 2.45) is 0 Å². The van der Waals surface area contributed by atoms with E-state index < -0.39 is 5.41 Å². The van der Waals surface area contributed by atoms with Gasteiger partial charge in [0, 0.05) is 29.8 Å². The molecule has 7 nitrogen and oxygen atoms in total. The molecular formula is C23H26FN5O2. The summed E-state index contributed by atoms with van der Waals surface area (Å²) >= 11 is 0. The largest absolute Gasteiger partial charge is 0.424 e. The Kier molecular flexibility index (Phi) is 5.47. The van der Waals surface area contributed by atoms with E-state index in [4.69, 9.17) is 4.42 Å². The molecule has 3 aromatic heterocycles. The average molecular weight is 423 g/mol. The van der Waals surface area contributed by atoms with Crippen LogP contribution in [0.5, 0.6) is 0 Å². The van der Waals surface area contributed by atoms with Crippen LogP contribution in [-0.4, -0.2) is 25.0 Å². The van der Waals surface area contributed by atoms with Crippen molar-refractivity contribution in [1.29, 1.82) is 0 Å². The molecule has 0 saturated heterocycles. The summed E-state index contributed by atoms with van der Waals surface area (Å²) in [6, 6.07) is 6.86. The molecule has 4 aromatic rings. The van der Waals surface area contributed by atoms with Gasteiger partial charge in [-0.05, 0) is 38.0 Å². The Bertz CT molecular complexity index is 1280. The first-order valence-electron chi connectivity index (χ1n) is 10.7. The monoisotopic (exact) mass is 423 g/mol. The third-order valence-corrected chi connectivity index (χ3v) is 6.13. The smallest absolute Gasteiger partial charge is 0.252 e. The van der Waals surface area contributed by atoms with Crippen molar-refractivity contribution in [3.8, 4) is 11.3 Å². The second-order valence-corrected chi connectivity index (χ2v) is 7.61. The quantitative estimate of drug-likeness (QED) is 0.469. The molecule has 31 heavy (non-hydrogen) atoms. The highest BCUT2D eigenvalue weighted by molar-refractivity contribution is 5.84. The molecule has 162 valence electrons. The van der Waals surface area contributed by atoms with Gasteiger partial charge in [0.15, 0.2) is 0 Å². The van der Waals surface area contributed by atoms with E-state index in [2.05, 4.69) is 20.3 Å².